The molecule has 0 amide bonds. The van der Waals surface area contributed by atoms with Crippen LogP contribution in [0.4, 0.5) is 13.9 Å². The van der Waals surface area contributed by atoms with Crippen LogP contribution in [0.2, 0.25) is 0 Å². The number of hydrogen-bond donors (Lipinski definition) is 0. The average molecular weight is 424 g/mol. The number of benzene rings is 2. The summed E-state index contributed by atoms with van der Waals surface area (Å²) in [6.45, 7) is 3.16. The summed E-state index contributed by atoms with van der Waals surface area (Å²) in [5, 5.41) is 1.82. The molecule has 0 radical (unpaired) electrons. The van der Waals surface area contributed by atoms with E-state index < -0.39 is 26.6 Å². The predicted octanol–water partition coefficient (Wildman–Crippen LogP) is 4.44. The van der Waals surface area contributed by atoms with Crippen molar-refractivity contribution in [3.05, 3.63) is 70.2 Å². The van der Waals surface area contributed by atoms with Crippen molar-refractivity contribution in [3.63, 3.8) is 0 Å². The van der Waals surface area contributed by atoms with Gasteiger partial charge in [-0.05, 0) is 48.7 Å². The summed E-state index contributed by atoms with van der Waals surface area (Å²) in [5.41, 5.74) is 1.56. The smallest absolute Gasteiger partial charge is 0.269 e. The number of methoxy groups -OCH3 is 1. The Bertz CT molecular complexity index is 1100. The highest BCUT2D eigenvalue weighted by Gasteiger charge is 2.31. The van der Waals surface area contributed by atoms with Crippen molar-refractivity contribution in [1.82, 2.24) is 4.98 Å². The second-order valence-electron chi connectivity index (χ2n) is 6.15. The summed E-state index contributed by atoms with van der Waals surface area (Å²) in [5.74, 6) is -1.30. The first kappa shape index (κ1) is 20.2. The number of aryl methyl sites for hydroxylation is 2. The molecule has 0 aliphatic heterocycles. The van der Waals surface area contributed by atoms with Gasteiger partial charge >= 0.3 is 0 Å². The van der Waals surface area contributed by atoms with Gasteiger partial charge in [-0.3, -0.25) is 0 Å². The number of anilines is 1. The molecule has 5 nitrogen and oxygen atoms in total. The third-order valence-electron chi connectivity index (χ3n) is 4.28. The maximum atomic E-state index is 14.4. The van der Waals surface area contributed by atoms with E-state index in [0.717, 1.165) is 27.3 Å². The fourth-order valence-corrected chi connectivity index (χ4v) is 5.07. The predicted molar refractivity (Wildman–Crippen MR) is 104 cm³/mol. The van der Waals surface area contributed by atoms with Gasteiger partial charge in [0.2, 0.25) is 0 Å². The number of nitrogens with zero attached hydrogens (tertiary/aromatic N) is 2. The molecule has 148 valence electrons. The van der Waals surface area contributed by atoms with Gasteiger partial charge in [0.25, 0.3) is 10.0 Å². The normalized spacial score (nSPS) is 11.5. The number of rotatable bonds is 6. The second kappa shape index (κ2) is 7.84. The number of thiazole rings is 1. The SMILES string of the molecule is COc1ccc(CN(c2nccs2)S(=O)(=O)c2cc(C)c(F)cc2F)c(C)c1. The molecule has 3 aromatic rings. The van der Waals surface area contributed by atoms with E-state index in [1.807, 2.05) is 6.92 Å². The first-order chi connectivity index (χ1) is 13.2. The molecule has 0 atom stereocenters. The fourth-order valence-electron chi connectivity index (χ4n) is 2.67. The zero-order valence-corrected chi connectivity index (χ0v) is 17.1. The molecule has 0 unspecified atom stereocenters. The average Bonchev–Trinajstić information content (AvgIpc) is 3.17. The molecular weight excluding hydrogens is 406 g/mol. The summed E-state index contributed by atoms with van der Waals surface area (Å²) < 4.78 is 60.7. The number of hydrogen-bond acceptors (Lipinski definition) is 5. The summed E-state index contributed by atoms with van der Waals surface area (Å²) in [6.07, 6.45) is 1.47. The minimum absolute atomic E-state index is 0.0414. The van der Waals surface area contributed by atoms with Gasteiger partial charge in [-0.25, -0.2) is 26.5 Å². The molecule has 0 saturated heterocycles. The minimum Gasteiger partial charge on any atom is -0.497 e. The highest BCUT2D eigenvalue weighted by Crippen LogP contribution is 2.31. The lowest BCUT2D eigenvalue weighted by Crippen LogP contribution is -2.31. The van der Waals surface area contributed by atoms with Crippen LogP contribution in [-0.4, -0.2) is 20.5 Å². The Kier molecular flexibility index (Phi) is 5.66. The largest absolute Gasteiger partial charge is 0.497 e. The van der Waals surface area contributed by atoms with E-state index in [0.29, 0.717) is 17.4 Å². The van der Waals surface area contributed by atoms with E-state index in [1.165, 1.54) is 13.1 Å². The molecule has 0 saturated carbocycles. The van der Waals surface area contributed by atoms with Crippen LogP contribution >= 0.6 is 11.3 Å². The molecular formula is C19H18F2N2O3S2. The number of halogens is 2. The van der Waals surface area contributed by atoms with Crippen molar-refractivity contribution in [2.75, 3.05) is 11.4 Å². The number of sulfonamides is 1. The first-order valence-electron chi connectivity index (χ1n) is 8.25. The van der Waals surface area contributed by atoms with Crippen molar-refractivity contribution in [3.8, 4) is 5.75 Å². The van der Waals surface area contributed by atoms with Crippen molar-refractivity contribution >= 4 is 26.5 Å². The van der Waals surface area contributed by atoms with Crippen LogP contribution in [0.3, 0.4) is 0 Å². The van der Waals surface area contributed by atoms with Crippen LogP contribution in [0.5, 0.6) is 5.75 Å². The Balaban J connectivity index is 2.10. The Morgan fingerprint density at radius 2 is 1.86 bits per heavy atom. The molecule has 28 heavy (non-hydrogen) atoms. The lowest BCUT2D eigenvalue weighted by Gasteiger charge is -2.23. The Labute approximate surface area is 166 Å². The zero-order chi connectivity index (χ0) is 20.5. The van der Waals surface area contributed by atoms with Crippen molar-refractivity contribution in [2.45, 2.75) is 25.3 Å². The molecule has 1 heterocycles. The second-order valence-corrected chi connectivity index (χ2v) is 8.85. The third-order valence-corrected chi connectivity index (χ3v) is 6.94. The maximum Gasteiger partial charge on any atom is 0.269 e. The van der Waals surface area contributed by atoms with E-state index >= 15 is 0 Å². The van der Waals surface area contributed by atoms with Crippen LogP contribution in [0.25, 0.3) is 0 Å². The first-order valence-corrected chi connectivity index (χ1v) is 10.6. The van der Waals surface area contributed by atoms with E-state index in [9.17, 15) is 17.2 Å². The summed E-state index contributed by atoms with van der Waals surface area (Å²) in [4.78, 5) is 3.49. The summed E-state index contributed by atoms with van der Waals surface area (Å²) in [6, 6.07) is 6.83. The molecule has 2 aromatic carbocycles. The van der Waals surface area contributed by atoms with E-state index in [4.69, 9.17) is 4.74 Å². The van der Waals surface area contributed by atoms with Gasteiger partial charge in [0, 0.05) is 17.6 Å². The Hall–Kier alpha value is -2.52. The van der Waals surface area contributed by atoms with Gasteiger partial charge < -0.3 is 4.74 Å². The van der Waals surface area contributed by atoms with E-state index in [-0.39, 0.29) is 17.2 Å². The highest BCUT2D eigenvalue weighted by molar-refractivity contribution is 7.93. The molecule has 0 N–H and O–H groups in total. The zero-order valence-electron chi connectivity index (χ0n) is 15.4. The topological polar surface area (TPSA) is 59.5 Å². The van der Waals surface area contributed by atoms with E-state index in [1.54, 1.807) is 30.7 Å². The molecule has 1 aromatic heterocycles. The van der Waals surface area contributed by atoms with Crippen LogP contribution in [0, 0.1) is 25.5 Å². The quantitative estimate of drug-likeness (QED) is 0.587. The summed E-state index contributed by atoms with van der Waals surface area (Å²) >= 11 is 1.11. The Morgan fingerprint density at radius 3 is 2.46 bits per heavy atom. The maximum absolute atomic E-state index is 14.4. The molecule has 0 fully saturated rings. The molecule has 9 heteroatoms. The number of aromatic nitrogens is 1. The van der Waals surface area contributed by atoms with Gasteiger partial charge in [0.15, 0.2) is 5.13 Å². The van der Waals surface area contributed by atoms with Gasteiger partial charge in [-0.2, -0.15) is 0 Å². The lowest BCUT2D eigenvalue weighted by molar-refractivity contribution is 0.414. The third kappa shape index (κ3) is 3.85. The van der Waals surface area contributed by atoms with Crippen LogP contribution < -0.4 is 9.04 Å². The molecule has 0 aliphatic carbocycles. The fraction of sp³-hybridized carbons (Fsp3) is 0.211. The standard InChI is InChI=1S/C19H18F2N2O3S2/c1-12-8-15(26-3)5-4-14(12)11-23(19-22-6-7-27-19)28(24,25)18-9-13(2)16(20)10-17(18)21/h4-10H,11H2,1-3H3. The molecule has 0 aliphatic rings. The van der Waals surface area contributed by atoms with Gasteiger partial charge in [0.1, 0.15) is 22.3 Å². The van der Waals surface area contributed by atoms with Gasteiger partial charge in [-0.1, -0.05) is 6.07 Å². The Morgan fingerprint density at radius 1 is 1.11 bits per heavy atom. The summed E-state index contributed by atoms with van der Waals surface area (Å²) in [7, 11) is -2.77. The van der Waals surface area contributed by atoms with E-state index in [2.05, 4.69) is 4.98 Å². The van der Waals surface area contributed by atoms with Gasteiger partial charge in [-0.15, -0.1) is 11.3 Å². The molecule has 0 bridgehead atoms. The van der Waals surface area contributed by atoms with Crippen LogP contribution in [0.1, 0.15) is 16.7 Å². The van der Waals surface area contributed by atoms with Crippen molar-refractivity contribution < 1.29 is 21.9 Å². The van der Waals surface area contributed by atoms with Crippen molar-refractivity contribution in [2.24, 2.45) is 0 Å². The van der Waals surface area contributed by atoms with Crippen molar-refractivity contribution in [1.29, 1.82) is 0 Å². The van der Waals surface area contributed by atoms with Gasteiger partial charge in [0.05, 0.1) is 13.7 Å². The highest BCUT2D eigenvalue weighted by atomic mass is 32.2. The van der Waals surface area contributed by atoms with Crippen LogP contribution in [-0.2, 0) is 16.6 Å². The lowest BCUT2D eigenvalue weighted by atomic mass is 10.1. The molecule has 3 rings (SSSR count). The minimum atomic E-state index is -4.32. The molecule has 0 spiro atoms. The monoisotopic (exact) mass is 424 g/mol. The van der Waals surface area contributed by atoms with Crippen LogP contribution in [0.15, 0.2) is 46.8 Å². The number of ether oxygens (including phenoxy) is 1.